The van der Waals surface area contributed by atoms with E-state index in [2.05, 4.69) is 98.5 Å². The molecule has 0 radical (unpaired) electrons. The van der Waals surface area contributed by atoms with Crippen LogP contribution in [0.3, 0.4) is 0 Å². The molecule has 0 amide bonds. The Labute approximate surface area is 145 Å². The highest BCUT2D eigenvalue weighted by atomic mass is 15.2. The normalized spacial score (nSPS) is 34.7. The summed E-state index contributed by atoms with van der Waals surface area (Å²) in [7, 11) is 0. The molecule has 124 valence electrons. The topological polar surface area (TPSA) is 15.6 Å². The first-order valence-electron chi connectivity index (χ1n) is 8.70. The fourth-order valence-corrected chi connectivity index (χ4v) is 3.26. The fraction of sp³-hybridized carbons (Fsp3) is 0.318. The van der Waals surface area contributed by atoms with Crippen LogP contribution in [-0.4, -0.2) is 22.7 Å². The number of allylic oxidation sites excluding steroid dienone is 9. The molecule has 3 rings (SSSR count). The van der Waals surface area contributed by atoms with Crippen LogP contribution in [0.25, 0.3) is 0 Å². The van der Waals surface area contributed by atoms with Crippen LogP contribution in [0.2, 0.25) is 0 Å². The van der Waals surface area contributed by atoms with Crippen molar-refractivity contribution < 1.29 is 0 Å². The Morgan fingerprint density at radius 3 is 2.67 bits per heavy atom. The highest BCUT2D eigenvalue weighted by Gasteiger charge is 2.22. The molecule has 24 heavy (non-hydrogen) atoms. The van der Waals surface area contributed by atoms with Crippen molar-refractivity contribution in [2.75, 3.05) is 0 Å². The van der Waals surface area contributed by atoms with Gasteiger partial charge in [0.2, 0.25) is 0 Å². The van der Waals surface area contributed by atoms with Gasteiger partial charge in [-0.25, -0.2) is 4.99 Å². The molecular weight excluding hydrogens is 292 g/mol. The minimum atomic E-state index is 0.290. The lowest BCUT2D eigenvalue weighted by atomic mass is 10.0. The minimum Gasteiger partial charge on any atom is -0.363 e. The van der Waals surface area contributed by atoms with Crippen molar-refractivity contribution in [3.8, 4) is 0 Å². The first kappa shape index (κ1) is 16.5. The van der Waals surface area contributed by atoms with E-state index in [1.54, 1.807) is 0 Å². The summed E-state index contributed by atoms with van der Waals surface area (Å²) in [6.07, 6.45) is 23.0. The van der Waals surface area contributed by atoms with E-state index in [1.165, 1.54) is 16.7 Å². The summed E-state index contributed by atoms with van der Waals surface area (Å²) in [4.78, 5) is 7.09. The van der Waals surface area contributed by atoms with Crippen LogP contribution < -0.4 is 0 Å². The van der Waals surface area contributed by atoms with Gasteiger partial charge < -0.3 is 4.90 Å². The second-order valence-corrected chi connectivity index (χ2v) is 6.76. The molecule has 3 aliphatic heterocycles. The molecule has 2 unspecified atom stereocenters. The van der Waals surface area contributed by atoms with Crippen LogP contribution >= 0.6 is 0 Å². The maximum absolute atomic E-state index is 4.69. The SMILES string of the molecule is CC1=CC/C=C\C(C)=C\C(C)N2/C=C3/C=CC(=N3)/C=C(\C=C1)C2C. The summed E-state index contributed by atoms with van der Waals surface area (Å²) >= 11 is 0. The summed E-state index contributed by atoms with van der Waals surface area (Å²) in [5.41, 5.74) is 5.94. The van der Waals surface area contributed by atoms with E-state index in [9.17, 15) is 0 Å². The van der Waals surface area contributed by atoms with Gasteiger partial charge in [-0.15, -0.1) is 0 Å². The standard InChI is InChI=1S/C22H26N2/c1-16-7-5-6-8-17(2)13-18(3)24-15-22-12-11-21(23-22)14-20(10-9-16)19(24)4/h6-15,18-19H,5H2,1-4H3/b8-6-,10-9?,16-7?,17-13+,20-14+,22-15-. The van der Waals surface area contributed by atoms with Crippen molar-refractivity contribution in [2.45, 2.75) is 46.2 Å². The van der Waals surface area contributed by atoms with E-state index in [4.69, 9.17) is 0 Å². The first-order valence-corrected chi connectivity index (χ1v) is 8.70. The Kier molecular flexibility index (Phi) is 4.84. The van der Waals surface area contributed by atoms with E-state index in [1.807, 2.05) is 0 Å². The average Bonchev–Trinajstić information content (AvgIpc) is 2.99. The van der Waals surface area contributed by atoms with E-state index in [0.29, 0.717) is 12.1 Å². The molecule has 4 bridgehead atoms. The van der Waals surface area contributed by atoms with Crippen LogP contribution in [0, 0.1) is 0 Å². The Balaban J connectivity index is 2.10. The molecule has 0 N–H and O–H groups in total. The number of hydrogen-bond acceptors (Lipinski definition) is 2. The molecule has 2 atom stereocenters. The van der Waals surface area contributed by atoms with Crippen molar-refractivity contribution in [3.05, 3.63) is 83.3 Å². The zero-order valence-corrected chi connectivity index (χ0v) is 15.0. The van der Waals surface area contributed by atoms with Gasteiger partial charge in [0.1, 0.15) is 0 Å². The van der Waals surface area contributed by atoms with Crippen LogP contribution in [0.15, 0.2) is 88.3 Å². The lowest BCUT2D eigenvalue weighted by molar-refractivity contribution is 0.290. The predicted molar refractivity (Wildman–Crippen MR) is 104 cm³/mol. The third-order valence-corrected chi connectivity index (χ3v) is 4.68. The molecule has 0 aliphatic carbocycles. The molecular formula is C22H26N2. The zero-order valence-electron chi connectivity index (χ0n) is 15.0. The van der Waals surface area contributed by atoms with Crippen molar-refractivity contribution >= 4 is 5.71 Å². The molecule has 0 spiro atoms. The van der Waals surface area contributed by atoms with Crippen molar-refractivity contribution in [3.63, 3.8) is 0 Å². The van der Waals surface area contributed by atoms with E-state index < -0.39 is 0 Å². The molecule has 2 heteroatoms. The van der Waals surface area contributed by atoms with Gasteiger partial charge in [-0.1, -0.05) is 47.6 Å². The first-order chi connectivity index (χ1) is 11.5. The second-order valence-electron chi connectivity index (χ2n) is 6.76. The number of nitrogens with zero attached hydrogens (tertiary/aromatic N) is 2. The molecule has 3 heterocycles. The summed E-state index contributed by atoms with van der Waals surface area (Å²) in [5, 5.41) is 0. The summed E-state index contributed by atoms with van der Waals surface area (Å²) < 4.78 is 0. The summed E-state index contributed by atoms with van der Waals surface area (Å²) in [5.74, 6) is 0. The van der Waals surface area contributed by atoms with Gasteiger partial charge in [-0.3, -0.25) is 0 Å². The van der Waals surface area contributed by atoms with Crippen LogP contribution in [-0.2, 0) is 0 Å². The smallest absolute Gasteiger partial charge is 0.0796 e. The van der Waals surface area contributed by atoms with Gasteiger partial charge in [0.15, 0.2) is 0 Å². The average molecular weight is 318 g/mol. The van der Waals surface area contributed by atoms with Crippen molar-refractivity contribution in [1.29, 1.82) is 0 Å². The molecule has 2 nitrogen and oxygen atoms in total. The molecule has 0 aromatic carbocycles. The molecule has 0 fully saturated rings. The maximum atomic E-state index is 4.69. The van der Waals surface area contributed by atoms with E-state index in [0.717, 1.165) is 17.8 Å². The number of hydrogen-bond donors (Lipinski definition) is 0. The molecule has 3 aliphatic rings. The maximum Gasteiger partial charge on any atom is 0.0796 e. The monoisotopic (exact) mass is 318 g/mol. The Morgan fingerprint density at radius 1 is 1.00 bits per heavy atom. The largest absolute Gasteiger partial charge is 0.363 e. The van der Waals surface area contributed by atoms with Gasteiger partial charge in [0.25, 0.3) is 0 Å². The van der Waals surface area contributed by atoms with Crippen molar-refractivity contribution in [2.24, 2.45) is 4.99 Å². The van der Waals surface area contributed by atoms with Crippen LogP contribution in [0.1, 0.15) is 34.1 Å². The molecule has 0 saturated heterocycles. The molecule has 0 aromatic heterocycles. The van der Waals surface area contributed by atoms with Crippen LogP contribution in [0.4, 0.5) is 0 Å². The summed E-state index contributed by atoms with van der Waals surface area (Å²) in [6, 6.07) is 0.591. The van der Waals surface area contributed by atoms with Gasteiger partial charge >= 0.3 is 0 Å². The van der Waals surface area contributed by atoms with E-state index in [-0.39, 0.29) is 0 Å². The van der Waals surface area contributed by atoms with E-state index >= 15 is 0 Å². The van der Waals surface area contributed by atoms with Gasteiger partial charge in [0, 0.05) is 12.2 Å². The highest BCUT2D eigenvalue weighted by molar-refractivity contribution is 6.07. The third kappa shape index (κ3) is 3.76. The van der Waals surface area contributed by atoms with Gasteiger partial charge in [0.05, 0.1) is 17.5 Å². The fourth-order valence-electron chi connectivity index (χ4n) is 3.26. The number of rotatable bonds is 0. The lowest BCUT2D eigenvalue weighted by Crippen LogP contribution is -2.36. The molecule has 0 saturated carbocycles. The Bertz CT molecular complexity index is 751. The number of fused-ring (bicyclic) bond motifs is 3. The Morgan fingerprint density at radius 2 is 1.83 bits per heavy atom. The Hall–Kier alpha value is -2.35. The van der Waals surface area contributed by atoms with Gasteiger partial charge in [-0.05, 0) is 57.9 Å². The van der Waals surface area contributed by atoms with Gasteiger partial charge in [-0.2, -0.15) is 0 Å². The molecule has 0 aromatic rings. The third-order valence-electron chi connectivity index (χ3n) is 4.68. The lowest BCUT2D eigenvalue weighted by Gasteiger charge is -2.34. The van der Waals surface area contributed by atoms with Crippen LogP contribution in [0.5, 0.6) is 0 Å². The zero-order chi connectivity index (χ0) is 17.1. The minimum absolute atomic E-state index is 0.290. The second kappa shape index (κ2) is 7.04. The number of aliphatic imine (C=N–C) groups is 1. The highest BCUT2D eigenvalue weighted by Crippen LogP contribution is 2.25. The van der Waals surface area contributed by atoms with Crippen molar-refractivity contribution in [1.82, 2.24) is 4.90 Å². The quantitative estimate of drug-likeness (QED) is 0.594. The summed E-state index contributed by atoms with van der Waals surface area (Å²) in [6.45, 7) is 8.85. The predicted octanol–water partition coefficient (Wildman–Crippen LogP) is 5.27.